The van der Waals surface area contributed by atoms with E-state index in [4.69, 9.17) is 18.4 Å². The van der Waals surface area contributed by atoms with Crippen LogP contribution < -0.4 is 0 Å². The molecule has 0 saturated carbocycles. The molecule has 0 aromatic heterocycles. The topological polar surface area (TPSA) is 71.1 Å². The summed E-state index contributed by atoms with van der Waals surface area (Å²) in [5, 5.41) is 0. The highest BCUT2D eigenvalue weighted by Crippen LogP contribution is 2.38. The molecule has 1 heterocycles. The molecule has 1 aliphatic rings. The summed E-state index contributed by atoms with van der Waals surface area (Å²) >= 11 is 1.53. The van der Waals surface area contributed by atoms with Crippen LogP contribution in [0.25, 0.3) is 0 Å². The second-order valence-corrected chi connectivity index (χ2v) is 12.8. The van der Waals surface area contributed by atoms with Gasteiger partial charge in [0.25, 0.3) is 10.1 Å². The average molecular weight is 591 g/mol. The summed E-state index contributed by atoms with van der Waals surface area (Å²) < 4.78 is 51.3. The summed E-state index contributed by atoms with van der Waals surface area (Å²) in [6, 6.07) is 34.7. The van der Waals surface area contributed by atoms with Crippen LogP contribution >= 0.6 is 11.8 Å². The van der Waals surface area contributed by atoms with E-state index in [9.17, 15) is 8.42 Å². The van der Waals surface area contributed by atoms with Gasteiger partial charge in [-0.05, 0) is 48.7 Å². The lowest BCUT2D eigenvalue weighted by atomic mass is 10.1. The van der Waals surface area contributed by atoms with E-state index >= 15 is 0 Å². The highest BCUT2D eigenvalue weighted by molar-refractivity contribution is 7.99. The molecule has 41 heavy (non-hydrogen) atoms. The molecule has 0 amide bonds. The van der Waals surface area contributed by atoms with Crippen molar-refractivity contribution in [2.24, 2.45) is 0 Å². The monoisotopic (exact) mass is 590 g/mol. The van der Waals surface area contributed by atoms with Gasteiger partial charge in [-0.2, -0.15) is 8.42 Å². The minimum Gasteiger partial charge on any atom is -0.368 e. The number of aryl methyl sites for hydroxylation is 2. The normalized spacial score (nSPS) is 20.7. The van der Waals surface area contributed by atoms with Crippen molar-refractivity contribution in [3.63, 3.8) is 0 Å². The minimum atomic E-state index is -4.01. The molecular weight excluding hydrogens is 556 g/mol. The van der Waals surface area contributed by atoms with Gasteiger partial charge >= 0.3 is 0 Å². The minimum absolute atomic E-state index is 0.141. The Kier molecular flexibility index (Phi) is 9.92. The van der Waals surface area contributed by atoms with Crippen molar-refractivity contribution >= 4 is 21.9 Å². The highest BCUT2D eigenvalue weighted by Gasteiger charge is 2.47. The maximum absolute atomic E-state index is 13.1. The van der Waals surface area contributed by atoms with E-state index in [1.54, 1.807) is 31.2 Å². The molecule has 1 fully saturated rings. The van der Waals surface area contributed by atoms with Crippen LogP contribution in [0.3, 0.4) is 0 Å². The van der Waals surface area contributed by atoms with Crippen molar-refractivity contribution in [1.29, 1.82) is 0 Å². The van der Waals surface area contributed by atoms with Crippen LogP contribution in [0.5, 0.6) is 0 Å². The molecule has 1 aliphatic heterocycles. The third kappa shape index (κ3) is 7.86. The average Bonchev–Trinajstić information content (AvgIpc) is 3.32. The summed E-state index contributed by atoms with van der Waals surface area (Å²) in [4.78, 5) is 1.16. The predicted octanol–water partition coefficient (Wildman–Crippen LogP) is 6.70. The Labute approximate surface area is 246 Å². The Morgan fingerprint density at radius 2 is 1.27 bits per heavy atom. The summed E-state index contributed by atoms with van der Waals surface area (Å²) in [6.07, 6.45) is -1.74. The zero-order valence-electron chi connectivity index (χ0n) is 23.1. The summed E-state index contributed by atoms with van der Waals surface area (Å²) in [7, 11) is -4.01. The number of thioether (sulfide) groups is 1. The Bertz CT molecular complexity index is 1490. The molecule has 214 valence electrons. The van der Waals surface area contributed by atoms with E-state index in [2.05, 4.69) is 12.1 Å². The molecule has 4 aromatic rings. The lowest BCUT2D eigenvalue weighted by Gasteiger charge is -2.25. The van der Waals surface area contributed by atoms with Gasteiger partial charge in [0.05, 0.1) is 24.7 Å². The smallest absolute Gasteiger partial charge is 0.297 e. The van der Waals surface area contributed by atoms with Crippen molar-refractivity contribution in [3.05, 3.63) is 131 Å². The SMILES string of the molecule is Cc1ccc(S[C@@H]2O[C@H](COS(=O)(=O)c3ccccc3C)[C@H](OCc3ccccc3)[C@H]2OCc2ccccc2)cc1. The highest BCUT2D eigenvalue weighted by atomic mass is 32.2. The molecule has 8 heteroatoms. The molecule has 4 atom stereocenters. The second-order valence-electron chi connectivity index (χ2n) is 10.0. The fraction of sp³-hybridized carbons (Fsp3) is 0.273. The fourth-order valence-electron chi connectivity index (χ4n) is 4.64. The van der Waals surface area contributed by atoms with Crippen LogP contribution in [-0.2, 0) is 41.7 Å². The van der Waals surface area contributed by atoms with E-state index < -0.39 is 33.9 Å². The van der Waals surface area contributed by atoms with Crippen molar-refractivity contribution in [2.45, 2.75) is 60.6 Å². The van der Waals surface area contributed by atoms with Crippen molar-refractivity contribution in [1.82, 2.24) is 0 Å². The van der Waals surface area contributed by atoms with Crippen LogP contribution in [0.1, 0.15) is 22.3 Å². The number of rotatable bonds is 12. The third-order valence-electron chi connectivity index (χ3n) is 6.86. The molecule has 6 nitrogen and oxygen atoms in total. The Hall–Kier alpha value is -2.98. The maximum atomic E-state index is 13.1. The molecule has 0 unspecified atom stereocenters. The van der Waals surface area contributed by atoms with Crippen LogP contribution in [0.2, 0.25) is 0 Å². The molecule has 0 spiro atoms. The first-order chi connectivity index (χ1) is 19.9. The maximum Gasteiger partial charge on any atom is 0.297 e. The quantitative estimate of drug-likeness (QED) is 0.170. The Morgan fingerprint density at radius 1 is 0.707 bits per heavy atom. The molecule has 1 saturated heterocycles. The van der Waals surface area contributed by atoms with Crippen molar-refractivity contribution in [2.75, 3.05) is 6.61 Å². The first kappa shape index (κ1) is 29.5. The van der Waals surface area contributed by atoms with Gasteiger partial charge in [-0.3, -0.25) is 4.18 Å². The predicted molar refractivity (Wildman–Crippen MR) is 160 cm³/mol. The lowest BCUT2D eigenvalue weighted by molar-refractivity contribution is -0.0797. The molecule has 0 bridgehead atoms. The van der Waals surface area contributed by atoms with Gasteiger partial charge in [0, 0.05) is 4.90 Å². The summed E-state index contributed by atoms with van der Waals surface area (Å²) in [6.45, 7) is 4.27. The summed E-state index contributed by atoms with van der Waals surface area (Å²) in [5.74, 6) is 0. The van der Waals surface area contributed by atoms with E-state index in [1.165, 1.54) is 11.8 Å². The van der Waals surface area contributed by atoms with E-state index in [0.717, 1.165) is 21.6 Å². The van der Waals surface area contributed by atoms with Crippen molar-refractivity contribution in [3.8, 4) is 0 Å². The third-order valence-corrected chi connectivity index (χ3v) is 9.46. The summed E-state index contributed by atoms with van der Waals surface area (Å²) in [5.41, 5.74) is 3.35. The van der Waals surface area contributed by atoms with Crippen LogP contribution in [0, 0.1) is 13.8 Å². The molecule has 0 aliphatic carbocycles. The number of hydrogen-bond acceptors (Lipinski definition) is 7. The number of benzene rings is 4. The standard InChI is InChI=1S/C33H34O6S2/c1-24-17-19-28(20-18-24)40-33-32(37-22-27-14-7-4-8-15-27)31(36-21-26-12-5-3-6-13-26)29(39-33)23-38-41(34,35)30-16-10-9-11-25(30)2/h3-20,29,31-33H,21-23H2,1-2H3/t29-,31+,32-,33+/m1/s1. The van der Waals surface area contributed by atoms with Gasteiger partial charge in [-0.1, -0.05) is 108 Å². The first-order valence-electron chi connectivity index (χ1n) is 13.5. The molecule has 0 radical (unpaired) electrons. The fourth-order valence-corrected chi connectivity index (χ4v) is 6.91. The number of hydrogen-bond donors (Lipinski definition) is 0. The van der Waals surface area contributed by atoms with Gasteiger partial charge in [0.15, 0.2) is 0 Å². The number of ether oxygens (including phenoxy) is 3. The molecule has 0 N–H and O–H groups in total. The van der Waals surface area contributed by atoms with Gasteiger partial charge in [-0.25, -0.2) is 0 Å². The van der Waals surface area contributed by atoms with Gasteiger partial charge in [-0.15, -0.1) is 0 Å². The van der Waals surface area contributed by atoms with Crippen molar-refractivity contribution < 1.29 is 26.8 Å². The van der Waals surface area contributed by atoms with Crippen LogP contribution in [-0.4, -0.2) is 38.8 Å². The molecule has 5 rings (SSSR count). The zero-order chi connectivity index (χ0) is 28.7. The molecule has 4 aromatic carbocycles. The zero-order valence-corrected chi connectivity index (χ0v) is 24.7. The van der Waals surface area contributed by atoms with Crippen LogP contribution in [0.4, 0.5) is 0 Å². The van der Waals surface area contributed by atoms with Crippen LogP contribution in [0.15, 0.2) is 119 Å². The Balaban J connectivity index is 1.40. The van der Waals surface area contributed by atoms with Gasteiger partial charge in [0.1, 0.15) is 23.7 Å². The largest absolute Gasteiger partial charge is 0.368 e. The Morgan fingerprint density at radius 3 is 1.88 bits per heavy atom. The van der Waals surface area contributed by atoms with E-state index in [1.807, 2.05) is 79.7 Å². The van der Waals surface area contributed by atoms with E-state index in [0.29, 0.717) is 18.8 Å². The first-order valence-corrected chi connectivity index (χ1v) is 15.8. The van der Waals surface area contributed by atoms with Gasteiger partial charge < -0.3 is 14.2 Å². The van der Waals surface area contributed by atoms with Gasteiger partial charge in [0.2, 0.25) is 0 Å². The van der Waals surface area contributed by atoms with E-state index in [-0.39, 0.29) is 11.5 Å². The molecular formula is C33H34O6S2. The second kappa shape index (κ2) is 13.8. The lowest BCUT2D eigenvalue weighted by Crippen LogP contribution is -2.39.